The Morgan fingerprint density at radius 3 is 1.52 bits per heavy atom. The lowest BCUT2D eigenvalue weighted by molar-refractivity contribution is 0.400. The molecule has 1 nitrogen and oxygen atoms in total. The van der Waals surface area contributed by atoms with Gasteiger partial charge in [-0.1, -0.05) is 84.9 Å². The standard InChI is InChI=1S/C23H26NP.2BrH/c1-24(2)19-9-10-20-15-17-23(18-16-20)25(21-11-5-3-6-12-21)22-13-7-4-8-14-22;;/h3-8,11-18H,9-10,19H2,1-2H3;2*1H. The van der Waals surface area contributed by atoms with Crippen LogP contribution in [0.3, 0.4) is 0 Å². The fourth-order valence-corrected chi connectivity index (χ4v) is 5.29. The van der Waals surface area contributed by atoms with Crippen molar-refractivity contribution in [1.82, 2.24) is 4.90 Å². The lowest BCUT2D eigenvalue weighted by Crippen LogP contribution is -2.20. The van der Waals surface area contributed by atoms with Crippen molar-refractivity contribution in [2.45, 2.75) is 12.8 Å². The summed E-state index contributed by atoms with van der Waals surface area (Å²) >= 11 is 0. The molecule has 3 aromatic carbocycles. The monoisotopic (exact) mass is 507 g/mol. The van der Waals surface area contributed by atoms with Crippen molar-refractivity contribution in [3.8, 4) is 0 Å². The van der Waals surface area contributed by atoms with E-state index in [1.54, 1.807) is 0 Å². The van der Waals surface area contributed by atoms with E-state index in [1.807, 2.05) is 0 Å². The van der Waals surface area contributed by atoms with Crippen LogP contribution in [0.15, 0.2) is 84.9 Å². The van der Waals surface area contributed by atoms with Gasteiger partial charge in [-0.15, -0.1) is 34.0 Å². The predicted octanol–water partition coefficient (Wildman–Crippen LogP) is 5.09. The van der Waals surface area contributed by atoms with Gasteiger partial charge in [-0.25, -0.2) is 0 Å². The van der Waals surface area contributed by atoms with Crippen LogP contribution in [0.25, 0.3) is 0 Å². The Hall–Kier alpha value is -0.990. The number of nitrogens with zero attached hydrogens (tertiary/aromatic N) is 1. The summed E-state index contributed by atoms with van der Waals surface area (Å²) in [6.07, 6.45) is 2.35. The predicted molar refractivity (Wildman–Crippen MR) is 133 cm³/mol. The summed E-state index contributed by atoms with van der Waals surface area (Å²) in [7, 11) is 3.78. The zero-order valence-corrected chi connectivity index (χ0v) is 20.2. The Balaban J connectivity index is 0.00000182. The van der Waals surface area contributed by atoms with Crippen LogP contribution in [0, 0.1) is 0 Å². The summed E-state index contributed by atoms with van der Waals surface area (Å²) < 4.78 is 0. The highest BCUT2D eigenvalue weighted by Crippen LogP contribution is 2.32. The van der Waals surface area contributed by atoms with Crippen molar-refractivity contribution in [2.75, 3.05) is 20.6 Å². The molecule has 0 unspecified atom stereocenters. The van der Waals surface area contributed by atoms with E-state index in [4.69, 9.17) is 0 Å². The molecule has 0 spiro atoms. The molecule has 0 saturated heterocycles. The van der Waals surface area contributed by atoms with Crippen molar-refractivity contribution in [1.29, 1.82) is 0 Å². The number of aryl methyl sites for hydroxylation is 1. The van der Waals surface area contributed by atoms with Crippen molar-refractivity contribution in [2.24, 2.45) is 0 Å². The largest absolute Gasteiger partial charge is 0.309 e. The molecule has 0 saturated carbocycles. The van der Waals surface area contributed by atoms with Gasteiger partial charge in [-0.05, 0) is 62.9 Å². The first-order valence-corrected chi connectivity index (χ1v) is 10.2. The zero-order valence-electron chi connectivity index (χ0n) is 15.9. The second-order valence-electron chi connectivity index (χ2n) is 6.58. The molecule has 3 rings (SSSR count). The molecule has 0 bridgehead atoms. The third-order valence-electron chi connectivity index (χ3n) is 4.29. The quantitative estimate of drug-likeness (QED) is 0.401. The maximum absolute atomic E-state index is 2.33. The van der Waals surface area contributed by atoms with E-state index in [2.05, 4.69) is 104 Å². The lowest BCUT2D eigenvalue weighted by Gasteiger charge is -2.19. The van der Waals surface area contributed by atoms with Crippen LogP contribution in [-0.2, 0) is 6.42 Å². The van der Waals surface area contributed by atoms with Gasteiger partial charge in [0.1, 0.15) is 0 Å². The summed E-state index contributed by atoms with van der Waals surface area (Å²) in [5.74, 6) is 0. The molecule has 0 N–H and O–H groups in total. The maximum atomic E-state index is 2.33. The minimum absolute atomic E-state index is 0. The van der Waals surface area contributed by atoms with E-state index < -0.39 is 7.92 Å². The molecular formula is C23H28Br2NP. The van der Waals surface area contributed by atoms with Crippen LogP contribution in [0.5, 0.6) is 0 Å². The van der Waals surface area contributed by atoms with E-state index >= 15 is 0 Å². The molecule has 0 aliphatic rings. The fraction of sp³-hybridized carbons (Fsp3) is 0.217. The van der Waals surface area contributed by atoms with Gasteiger partial charge in [-0.3, -0.25) is 0 Å². The van der Waals surface area contributed by atoms with Crippen molar-refractivity contribution >= 4 is 57.8 Å². The van der Waals surface area contributed by atoms with Crippen LogP contribution in [0.4, 0.5) is 0 Å². The molecule has 4 heteroatoms. The molecule has 0 heterocycles. The average Bonchev–Trinajstić information content (AvgIpc) is 2.65. The molecule has 27 heavy (non-hydrogen) atoms. The second-order valence-corrected chi connectivity index (χ2v) is 8.80. The van der Waals surface area contributed by atoms with Crippen LogP contribution in [0.2, 0.25) is 0 Å². The Kier molecular flexibility index (Phi) is 11.1. The smallest absolute Gasteiger partial charge is 0.00217 e. The number of rotatable bonds is 7. The van der Waals surface area contributed by atoms with Gasteiger partial charge in [0.05, 0.1) is 0 Å². The molecule has 0 amide bonds. The lowest BCUT2D eigenvalue weighted by atomic mass is 10.1. The van der Waals surface area contributed by atoms with E-state index in [0.29, 0.717) is 0 Å². The molecule has 3 aromatic rings. The summed E-state index contributed by atoms with van der Waals surface area (Å²) in [6, 6.07) is 31.1. The Labute approximate surface area is 186 Å². The molecule has 0 aromatic heterocycles. The van der Waals surface area contributed by atoms with Gasteiger partial charge in [0, 0.05) is 0 Å². The molecule has 0 radical (unpaired) electrons. The van der Waals surface area contributed by atoms with E-state index in [0.717, 1.165) is 13.0 Å². The van der Waals surface area contributed by atoms with Gasteiger partial charge >= 0.3 is 0 Å². The van der Waals surface area contributed by atoms with Gasteiger partial charge in [-0.2, -0.15) is 0 Å². The first kappa shape index (κ1) is 24.0. The van der Waals surface area contributed by atoms with Crippen molar-refractivity contribution < 1.29 is 0 Å². The second kappa shape index (κ2) is 12.5. The number of benzene rings is 3. The minimum Gasteiger partial charge on any atom is -0.309 e. The molecule has 0 aliphatic carbocycles. The molecule has 0 fully saturated rings. The zero-order chi connectivity index (χ0) is 17.5. The maximum Gasteiger partial charge on any atom is -0.00217 e. The van der Waals surface area contributed by atoms with E-state index in [-0.39, 0.29) is 34.0 Å². The van der Waals surface area contributed by atoms with Crippen LogP contribution >= 0.6 is 41.9 Å². The van der Waals surface area contributed by atoms with Crippen LogP contribution in [0.1, 0.15) is 12.0 Å². The van der Waals surface area contributed by atoms with E-state index in [1.165, 1.54) is 27.9 Å². The normalized spacial score (nSPS) is 10.4. The summed E-state index contributed by atoms with van der Waals surface area (Å²) in [6.45, 7) is 1.14. The van der Waals surface area contributed by atoms with Crippen molar-refractivity contribution in [3.05, 3.63) is 90.5 Å². The van der Waals surface area contributed by atoms with Gasteiger partial charge < -0.3 is 4.90 Å². The van der Waals surface area contributed by atoms with Crippen LogP contribution in [-0.4, -0.2) is 25.5 Å². The molecule has 144 valence electrons. The highest BCUT2D eigenvalue weighted by molar-refractivity contribution is 8.93. The van der Waals surface area contributed by atoms with Crippen molar-refractivity contribution in [3.63, 3.8) is 0 Å². The first-order chi connectivity index (χ1) is 12.2. The Morgan fingerprint density at radius 1 is 0.630 bits per heavy atom. The third kappa shape index (κ3) is 7.16. The van der Waals surface area contributed by atoms with E-state index in [9.17, 15) is 0 Å². The third-order valence-corrected chi connectivity index (χ3v) is 6.74. The van der Waals surface area contributed by atoms with Gasteiger partial charge in [0.15, 0.2) is 0 Å². The summed E-state index contributed by atoms with van der Waals surface area (Å²) in [5, 5.41) is 4.23. The van der Waals surface area contributed by atoms with Crippen LogP contribution < -0.4 is 15.9 Å². The summed E-state index contributed by atoms with van der Waals surface area (Å²) in [5.41, 5.74) is 1.43. The SMILES string of the molecule is Br.Br.CN(C)CCCc1ccc(P(c2ccccc2)c2ccccc2)cc1. The molecule has 0 aliphatic heterocycles. The highest BCUT2D eigenvalue weighted by Gasteiger charge is 2.15. The highest BCUT2D eigenvalue weighted by atomic mass is 79.9. The average molecular weight is 509 g/mol. The fourth-order valence-electron chi connectivity index (χ4n) is 3.01. The first-order valence-electron chi connectivity index (χ1n) is 8.88. The van der Waals surface area contributed by atoms with Gasteiger partial charge in [0.25, 0.3) is 0 Å². The number of hydrogen-bond donors (Lipinski definition) is 0. The Bertz CT molecular complexity index is 722. The molecule has 0 atom stereocenters. The summed E-state index contributed by atoms with van der Waals surface area (Å²) in [4.78, 5) is 2.25. The molecular weight excluding hydrogens is 481 g/mol. The number of halogens is 2. The number of hydrogen-bond acceptors (Lipinski definition) is 1. The van der Waals surface area contributed by atoms with Gasteiger partial charge in [0.2, 0.25) is 0 Å². The Morgan fingerprint density at radius 2 is 1.07 bits per heavy atom. The topological polar surface area (TPSA) is 3.24 Å². The minimum atomic E-state index is -0.490.